The SMILES string of the molecule is N#C/C(=C\c1ccc(-c2ccc(Cl)cc2)o1)S(N)(=O)=O. The molecule has 0 unspecified atom stereocenters. The van der Waals surface area contributed by atoms with Crippen molar-refractivity contribution in [3.63, 3.8) is 0 Å². The van der Waals surface area contributed by atoms with E-state index >= 15 is 0 Å². The van der Waals surface area contributed by atoms with Gasteiger partial charge >= 0.3 is 0 Å². The standard InChI is InChI=1S/C13H9ClN2O3S/c14-10-3-1-9(2-4-10)13-6-5-11(19-13)7-12(8-15)20(16,17)18/h1-7H,(H2,16,17,18)/b12-7+. The number of benzene rings is 1. The van der Waals surface area contributed by atoms with E-state index in [-0.39, 0.29) is 5.76 Å². The third-order valence-corrected chi connectivity index (χ3v) is 3.52. The fourth-order valence-electron chi connectivity index (χ4n) is 1.51. The molecule has 0 aliphatic rings. The van der Waals surface area contributed by atoms with E-state index in [2.05, 4.69) is 0 Å². The number of furan rings is 1. The number of sulfonamides is 1. The van der Waals surface area contributed by atoms with Crippen molar-refractivity contribution in [2.24, 2.45) is 5.14 Å². The van der Waals surface area contributed by atoms with Crippen molar-refractivity contribution >= 4 is 27.7 Å². The lowest BCUT2D eigenvalue weighted by molar-refractivity contribution is 0.571. The Balaban J connectivity index is 2.37. The van der Waals surface area contributed by atoms with Crippen LogP contribution < -0.4 is 5.14 Å². The average molecular weight is 309 g/mol. The van der Waals surface area contributed by atoms with E-state index < -0.39 is 14.9 Å². The number of allylic oxidation sites excluding steroid dienone is 1. The highest BCUT2D eigenvalue weighted by Crippen LogP contribution is 2.25. The molecule has 0 spiro atoms. The molecule has 7 heteroatoms. The van der Waals surface area contributed by atoms with Crippen LogP contribution in [0.5, 0.6) is 0 Å². The van der Waals surface area contributed by atoms with Crippen LogP contribution in [0.2, 0.25) is 5.02 Å². The van der Waals surface area contributed by atoms with Crippen molar-refractivity contribution in [3.05, 3.63) is 52.1 Å². The van der Waals surface area contributed by atoms with Gasteiger partial charge in [0.1, 0.15) is 17.6 Å². The summed E-state index contributed by atoms with van der Waals surface area (Å²) in [5, 5.41) is 14.2. The summed E-state index contributed by atoms with van der Waals surface area (Å²) in [6.45, 7) is 0. The monoisotopic (exact) mass is 308 g/mol. The van der Waals surface area contributed by atoms with E-state index in [1.54, 1.807) is 36.4 Å². The maximum atomic E-state index is 11.1. The van der Waals surface area contributed by atoms with E-state index in [9.17, 15) is 8.42 Å². The van der Waals surface area contributed by atoms with E-state index in [1.165, 1.54) is 6.07 Å². The highest BCUT2D eigenvalue weighted by atomic mass is 35.5. The topological polar surface area (TPSA) is 97.1 Å². The molecule has 0 amide bonds. The lowest BCUT2D eigenvalue weighted by Crippen LogP contribution is -2.13. The van der Waals surface area contributed by atoms with Gasteiger partial charge in [0.15, 0.2) is 4.91 Å². The molecule has 1 aromatic carbocycles. The molecule has 0 fully saturated rings. The fourth-order valence-corrected chi connectivity index (χ4v) is 2.04. The maximum Gasteiger partial charge on any atom is 0.248 e. The van der Waals surface area contributed by atoms with Gasteiger partial charge < -0.3 is 4.42 Å². The first-order valence-electron chi connectivity index (χ1n) is 5.40. The van der Waals surface area contributed by atoms with Gasteiger partial charge in [-0.25, -0.2) is 13.6 Å². The number of halogens is 1. The molecule has 102 valence electrons. The van der Waals surface area contributed by atoms with Gasteiger partial charge in [0, 0.05) is 16.7 Å². The largest absolute Gasteiger partial charge is 0.457 e. The van der Waals surface area contributed by atoms with E-state index in [4.69, 9.17) is 26.4 Å². The highest BCUT2D eigenvalue weighted by molar-refractivity contribution is 7.93. The number of primary sulfonamides is 1. The Morgan fingerprint density at radius 3 is 2.45 bits per heavy atom. The minimum absolute atomic E-state index is 0.223. The Morgan fingerprint density at radius 1 is 1.25 bits per heavy atom. The van der Waals surface area contributed by atoms with Crippen molar-refractivity contribution < 1.29 is 12.8 Å². The average Bonchev–Trinajstić information content (AvgIpc) is 2.84. The fraction of sp³-hybridized carbons (Fsp3) is 0. The summed E-state index contributed by atoms with van der Waals surface area (Å²) in [6, 6.07) is 11.7. The van der Waals surface area contributed by atoms with Gasteiger partial charge in [0.25, 0.3) is 0 Å². The number of hydrogen-bond donors (Lipinski definition) is 1. The van der Waals surface area contributed by atoms with Crippen molar-refractivity contribution in [1.29, 1.82) is 5.26 Å². The second-order valence-corrected chi connectivity index (χ2v) is 5.84. The van der Waals surface area contributed by atoms with Crippen LogP contribution in [0.15, 0.2) is 45.7 Å². The third-order valence-electron chi connectivity index (χ3n) is 2.45. The predicted molar refractivity (Wildman–Crippen MR) is 75.9 cm³/mol. The first-order valence-corrected chi connectivity index (χ1v) is 7.33. The molecule has 5 nitrogen and oxygen atoms in total. The first kappa shape index (κ1) is 14.3. The molecule has 0 saturated carbocycles. The molecule has 0 aliphatic carbocycles. The van der Waals surface area contributed by atoms with Crippen molar-refractivity contribution in [2.45, 2.75) is 0 Å². The Labute approximate surface area is 120 Å². The Bertz CT molecular complexity index is 799. The van der Waals surface area contributed by atoms with Crippen LogP contribution in [-0.2, 0) is 10.0 Å². The first-order chi connectivity index (χ1) is 9.40. The molecule has 2 N–H and O–H groups in total. The van der Waals surface area contributed by atoms with Gasteiger partial charge in [0.2, 0.25) is 10.0 Å². The maximum absolute atomic E-state index is 11.1. The van der Waals surface area contributed by atoms with Crippen molar-refractivity contribution in [1.82, 2.24) is 0 Å². The molecular formula is C13H9ClN2O3S. The van der Waals surface area contributed by atoms with Crippen molar-refractivity contribution in [2.75, 3.05) is 0 Å². The summed E-state index contributed by atoms with van der Waals surface area (Å²) in [6.07, 6.45) is 1.08. The molecule has 2 rings (SSSR count). The Hall–Kier alpha value is -2.07. The molecule has 0 atom stereocenters. The molecule has 0 radical (unpaired) electrons. The van der Waals surface area contributed by atoms with Gasteiger partial charge in [-0.3, -0.25) is 0 Å². The lowest BCUT2D eigenvalue weighted by atomic mass is 10.2. The Kier molecular flexibility index (Phi) is 3.95. The second-order valence-electron chi connectivity index (χ2n) is 3.87. The molecule has 1 heterocycles. The highest BCUT2D eigenvalue weighted by Gasteiger charge is 2.12. The zero-order chi connectivity index (χ0) is 14.8. The number of nitrogens with zero attached hydrogens (tertiary/aromatic N) is 1. The van der Waals surface area contributed by atoms with E-state index in [0.717, 1.165) is 11.6 Å². The third kappa shape index (κ3) is 3.27. The molecule has 2 aromatic rings. The van der Waals surface area contributed by atoms with Gasteiger partial charge in [-0.1, -0.05) is 11.6 Å². The minimum atomic E-state index is -4.05. The quantitative estimate of drug-likeness (QED) is 0.881. The van der Waals surface area contributed by atoms with Crippen LogP contribution in [0.1, 0.15) is 5.76 Å². The molecular weight excluding hydrogens is 300 g/mol. The lowest BCUT2D eigenvalue weighted by Gasteiger charge is -1.97. The van der Waals surface area contributed by atoms with E-state index in [1.807, 2.05) is 0 Å². The van der Waals surface area contributed by atoms with Crippen LogP contribution in [-0.4, -0.2) is 8.42 Å². The molecule has 0 aliphatic heterocycles. The smallest absolute Gasteiger partial charge is 0.248 e. The summed E-state index contributed by atoms with van der Waals surface area (Å²) in [5.74, 6) is 0.750. The van der Waals surface area contributed by atoms with Gasteiger partial charge in [-0.15, -0.1) is 0 Å². The van der Waals surface area contributed by atoms with Crippen LogP contribution in [0, 0.1) is 11.3 Å². The van der Waals surface area contributed by atoms with Gasteiger partial charge in [-0.2, -0.15) is 5.26 Å². The van der Waals surface area contributed by atoms with Crippen LogP contribution in [0.4, 0.5) is 0 Å². The molecule has 20 heavy (non-hydrogen) atoms. The molecule has 1 aromatic heterocycles. The predicted octanol–water partition coefficient (Wildman–Crippen LogP) is 2.75. The van der Waals surface area contributed by atoms with Crippen LogP contribution in [0.25, 0.3) is 17.4 Å². The van der Waals surface area contributed by atoms with Gasteiger partial charge in [0.05, 0.1) is 0 Å². The molecule has 0 bridgehead atoms. The minimum Gasteiger partial charge on any atom is -0.457 e. The van der Waals surface area contributed by atoms with Crippen LogP contribution >= 0.6 is 11.6 Å². The summed E-state index contributed by atoms with van der Waals surface area (Å²) >= 11 is 5.79. The molecule has 0 saturated heterocycles. The number of nitrogens with two attached hydrogens (primary N) is 1. The zero-order valence-corrected chi connectivity index (χ0v) is 11.6. The summed E-state index contributed by atoms with van der Waals surface area (Å²) in [4.78, 5) is -0.561. The number of rotatable bonds is 3. The number of hydrogen-bond acceptors (Lipinski definition) is 4. The van der Waals surface area contributed by atoms with Gasteiger partial charge in [-0.05, 0) is 36.4 Å². The normalized spacial score (nSPS) is 12.2. The second kappa shape index (κ2) is 5.51. The van der Waals surface area contributed by atoms with Crippen LogP contribution in [0.3, 0.4) is 0 Å². The number of nitriles is 1. The Morgan fingerprint density at radius 2 is 1.90 bits per heavy atom. The summed E-state index contributed by atoms with van der Waals surface area (Å²) in [5.41, 5.74) is 0.781. The van der Waals surface area contributed by atoms with Crippen molar-refractivity contribution in [3.8, 4) is 17.4 Å². The van der Waals surface area contributed by atoms with E-state index in [0.29, 0.717) is 10.8 Å². The summed E-state index contributed by atoms with van der Waals surface area (Å²) < 4.78 is 27.7. The summed E-state index contributed by atoms with van der Waals surface area (Å²) in [7, 11) is -4.05. The zero-order valence-electron chi connectivity index (χ0n) is 10.1.